The molecule has 2 aromatic rings. The van der Waals surface area contributed by atoms with Crippen LogP contribution in [-0.4, -0.2) is 32.8 Å². The molecule has 0 aromatic heterocycles. The number of fused-ring (bicyclic) bond motifs is 1. The molecule has 1 aliphatic heterocycles. The van der Waals surface area contributed by atoms with Gasteiger partial charge in [-0.25, -0.2) is 8.42 Å². The second-order valence-electron chi connectivity index (χ2n) is 8.01. The molecular formula is C22H26ClN3O4S. The highest BCUT2D eigenvalue weighted by Gasteiger charge is 2.29. The molecule has 2 N–H and O–H groups in total. The zero-order valence-corrected chi connectivity index (χ0v) is 19.3. The molecule has 1 aliphatic rings. The third kappa shape index (κ3) is 5.64. The van der Waals surface area contributed by atoms with Gasteiger partial charge in [0.1, 0.15) is 6.04 Å². The van der Waals surface area contributed by atoms with Gasteiger partial charge in [-0.05, 0) is 66.8 Å². The highest BCUT2D eigenvalue weighted by Crippen LogP contribution is 2.30. The zero-order valence-electron chi connectivity index (χ0n) is 17.7. The monoisotopic (exact) mass is 463 g/mol. The summed E-state index contributed by atoms with van der Waals surface area (Å²) in [5.74, 6) is -0.431. The van der Waals surface area contributed by atoms with Crippen LogP contribution in [0.15, 0.2) is 47.4 Å². The van der Waals surface area contributed by atoms with E-state index in [1.807, 2.05) is 13.8 Å². The van der Waals surface area contributed by atoms with E-state index in [0.29, 0.717) is 30.1 Å². The molecular weight excluding hydrogens is 438 g/mol. The van der Waals surface area contributed by atoms with Crippen molar-refractivity contribution in [2.45, 2.75) is 44.6 Å². The maximum Gasteiger partial charge on any atom is 0.242 e. The summed E-state index contributed by atoms with van der Waals surface area (Å²) in [6.45, 7) is 5.85. The van der Waals surface area contributed by atoms with Gasteiger partial charge >= 0.3 is 0 Å². The minimum absolute atomic E-state index is 0.0738. The molecule has 0 bridgehead atoms. The number of nitrogens with one attached hydrogen (secondary N) is 2. The van der Waals surface area contributed by atoms with Gasteiger partial charge in [-0.1, -0.05) is 25.4 Å². The fourth-order valence-corrected chi connectivity index (χ4v) is 4.95. The van der Waals surface area contributed by atoms with Crippen molar-refractivity contribution in [3.05, 3.63) is 53.1 Å². The molecule has 166 valence electrons. The van der Waals surface area contributed by atoms with Crippen molar-refractivity contribution in [2.24, 2.45) is 5.92 Å². The average Bonchev–Trinajstić information content (AvgIpc) is 3.12. The Bertz CT molecular complexity index is 1080. The van der Waals surface area contributed by atoms with E-state index in [9.17, 15) is 18.0 Å². The first-order chi connectivity index (χ1) is 14.6. The van der Waals surface area contributed by atoms with Crippen LogP contribution in [0.4, 0.5) is 11.4 Å². The van der Waals surface area contributed by atoms with E-state index >= 15 is 0 Å². The summed E-state index contributed by atoms with van der Waals surface area (Å²) in [6, 6.07) is 10.3. The number of carbonyl (C=O) groups excluding carboxylic acids is 2. The summed E-state index contributed by atoms with van der Waals surface area (Å²) >= 11 is 5.88. The van der Waals surface area contributed by atoms with Crippen molar-refractivity contribution >= 4 is 44.8 Å². The molecule has 1 unspecified atom stereocenters. The molecule has 0 spiro atoms. The van der Waals surface area contributed by atoms with Gasteiger partial charge in [-0.3, -0.25) is 9.59 Å². The van der Waals surface area contributed by atoms with Gasteiger partial charge in [-0.15, -0.1) is 0 Å². The minimum Gasteiger partial charge on any atom is -0.325 e. The van der Waals surface area contributed by atoms with Crippen LogP contribution in [0, 0.1) is 5.92 Å². The fourth-order valence-electron chi connectivity index (χ4n) is 3.57. The van der Waals surface area contributed by atoms with Crippen LogP contribution in [0.5, 0.6) is 0 Å². The number of halogens is 1. The van der Waals surface area contributed by atoms with E-state index in [1.165, 1.54) is 13.0 Å². The summed E-state index contributed by atoms with van der Waals surface area (Å²) < 4.78 is 28.7. The maximum absolute atomic E-state index is 13.1. The average molecular weight is 464 g/mol. The molecule has 0 fully saturated rings. The molecule has 0 saturated heterocycles. The second-order valence-corrected chi connectivity index (χ2v) is 10.2. The number of hydrogen-bond donors (Lipinski definition) is 2. The Kier molecular flexibility index (Phi) is 7.03. The Morgan fingerprint density at radius 2 is 1.81 bits per heavy atom. The van der Waals surface area contributed by atoms with E-state index in [-0.39, 0.29) is 16.7 Å². The summed E-state index contributed by atoms with van der Waals surface area (Å²) in [4.78, 5) is 26.3. The molecule has 7 nitrogen and oxygen atoms in total. The number of hydrogen-bond acceptors (Lipinski definition) is 4. The smallest absolute Gasteiger partial charge is 0.242 e. The molecule has 0 radical (unpaired) electrons. The van der Waals surface area contributed by atoms with Crippen LogP contribution < -0.4 is 14.9 Å². The Morgan fingerprint density at radius 3 is 2.42 bits per heavy atom. The number of amides is 2. The van der Waals surface area contributed by atoms with Gasteiger partial charge in [0.15, 0.2) is 0 Å². The normalized spacial score (nSPS) is 14.4. The van der Waals surface area contributed by atoms with Crippen LogP contribution >= 0.6 is 11.6 Å². The van der Waals surface area contributed by atoms with Crippen molar-refractivity contribution < 1.29 is 18.0 Å². The van der Waals surface area contributed by atoms with E-state index in [1.54, 1.807) is 41.3 Å². The Balaban J connectivity index is 1.81. The third-order valence-corrected chi connectivity index (χ3v) is 6.79. The van der Waals surface area contributed by atoms with Crippen molar-refractivity contribution in [3.63, 3.8) is 0 Å². The van der Waals surface area contributed by atoms with Gasteiger partial charge in [-0.2, -0.15) is 4.72 Å². The Morgan fingerprint density at radius 1 is 1.13 bits per heavy atom. The summed E-state index contributed by atoms with van der Waals surface area (Å²) in [5, 5.41) is 3.28. The molecule has 3 rings (SSSR count). The zero-order chi connectivity index (χ0) is 22.8. The molecule has 0 saturated carbocycles. The molecule has 2 aromatic carbocycles. The lowest BCUT2D eigenvalue weighted by molar-refractivity contribution is -0.118. The fraction of sp³-hybridized carbons (Fsp3) is 0.364. The summed E-state index contributed by atoms with van der Waals surface area (Å²) in [5.41, 5.74) is 2.05. The number of rotatable bonds is 7. The van der Waals surface area contributed by atoms with Crippen LogP contribution in [0.1, 0.15) is 32.8 Å². The van der Waals surface area contributed by atoms with Crippen molar-refractivity contribution in [1.82, 2.24) is 4.72 Å². The van der Waals surface area contributed by atoms with Gasteiger partial charge in [0.2, 0.25) is 21.8 Å². The van der Waals surface area contributed by atoms with E-state index in [2.05, 4.69) is 10.0 Å². The van der Waals surface area contributed by atoms with Gasteiger partial charge in [0.25, 0.3) is 0 Å². The number of anilines is 2. The van der Waals surface area contributed by atoms with E-state index in [0.717, 1.165) is 11.3 Å². The molecule has 31 heavy (non-hydrogen) atoms. The second kappa shape index (κ2) is 9.38. The third-order valence-electron chi connectivity index (χ3n) is 5.07. The lowest BCUT2D eigenvalue weighted by Crippen LogP contribution is -2.44. The lowest BCUT2D eigenvalue weighted by atomic mass is 10.0. The Labute approximate surface area is 187 Å². The van der Waals surface area contributed by atoms with Crippen LogP contribution in [-0.2, 0) is 26.0 Å². The van der Waals surface area contributed by atoms with E-state index in [4.69, 9.17) is 11.6 Å². The molecule has 2 amide bonds. The summed E-state index contributed by atoms with van der Waals surface area (Å²) in [7, 11) is -3.94. The van der Waals surface area contributed by atoms with Crippen molar-refractivity contribution in [1.29, 1.82) is 0 Å². The minimum atomic E-state index is -3.94. The van der Waals surface area contributed by atoms with Gasteiger partial charge < -0.3 is 10.2 Å². The van der Waals surface area contributed by atoms with Crippen molar-refractivity contribution in [3.8, 4) is 0 Å². The number of nitrogens with zero attached hydrogens (tertiary/aromatic N) is 1. The number of carbonyl (C=O) groups is 2. The molecule has 0 aliphatic carbocycles. The SMILES string of the molecule is CC(=O)N1CCc2cc(S(=O)(=O)NC(CC(C)C)C(=O)Nc3ccc(Cl)cc3)ccc21. The van der Waals surface area contributed by atoms with E-state index < -0.39 is 22.0 Å². The maximum atomic E-state index is 13.1. The number of benzene rings is 2. The van der Waals surface area contributed by atoms with Crippen molar-refractivity contribution in [2.75, 3.05) is 16.8 Å². The van der Waals surface area contributed by atoms with Crippen LogP contribution in [0.25, 0.3) is 0 Å². The molecule has 1 atom stereocenters. The lowest BCUT2D eigenvalue weighted by Gasteiger charge is -2.21. The van der Waals surface area contributed by atoms with Gasteiger partial charge in [0.05, 0.1) is 4.90 Å². The topological polar surface area (TPSA) is 95.6 Å². The first-order valence-corrected chi connectivity index (χ1v) is 11.9. The standard InChI is InChI=1S/C22H26ClN3O4S/c1-14(2)12-20(22(28)24-18-6-4-17(23)5-7-18)25-31(29,30)19-8-9-21-16(13-19)10-11-26(21)15(3)27/h4-9,13-14,20,25H,10-12H2,1-3H3,(H,24,28). The summed E-state index contributed by atoms with van der Waals surface area (Å²) in [6.07, 6.45) is 0.923. The first-order valence-electron chi connectivity index (χ1n) is 10.1. The number of sulfonamides is 1. The largest absolute Gasteiger partial charge is 0.325 e. The van der Waals surface area contributed by atoms with Crippen LogP contribution in [0.3, 0.4) is 0 Å². The predicted molar refractivity (Wildman–Crippen MR) is 122 cm³/mol. The molecule has 1 heterocycles. The highest BCUT2D eigenvalue weighted by atomic mass is 35.5. The Hall–Kier alpha value is -2.42. The van der Waals surface area contributed by atoms with Gasteiger partial charge in [0, 0.05) is 29.9 Å². The van der Waals surface area contributed by atoms with Crippen LogP contribution in [0.2, 0.25) is 5.02 Å². The quantitative estimate of drug-likeness (QED) is 0.656. The molecule has 9 heteroatoms. The predicted octanol–water partition coefficient (Wildman–Crippen LogP) is 3.58. The first kappa shape index (κ1) is 23.2. The highest BCUT2D eigenvalue weighted by molar-refractivity contribution is 7.89.